The van der Waals surface area contributed by atoms with Gasteiger partial charge >= 0.3 is 0 Å². The maximum atomic E-state index is 9.77. The van der Waals surface area contributed by atoms with Gasteiger partial charge in [-0.15, -0.1) is 0 Å². The van der Waals surface area contributed by atoms with E-state index in [1.807, 2.05) is 42.5 Å². The van der Waals surface area contributed by atoms with Gasteiger partial charge in [-0.25, -0.2) is 0 Å². The maximum Gasteiger partial charge on any atom is 0.122 e. The number of ether oxygens (including phenoxy) is 2. The van der Waals surface area contributed by atoms with E-state index in [0.717, 1.165) is 34.4 Å². The second kappa shape index (κ2) is 6.50. The normalized spacial score (nSPS) is 16.6. The second-order valence-electron chi connectivity index (χ2n) is 5.07. The molecule has 1 aliphatic carbocycles. The highest BCUT2D eigenvalue weighted by molar-refractivity contribution is 9.10. The number of aliphatic hydroxyl groups excluding tert-OH is 1. The summed E-state index contributed by atoms with van der Waals surface area (Å²) >= 11 is 3.41. The lowest BCUT2D eigenvalue weighted by Crippen LogP contribution is -2.09. The Morgan fingerprint density at radius 2 is 1.81 bits per heavy atom. The fourth-order valence-corrected chi connectivity index (χ4v) is 2.92. The first-order valence-corrected chi connectivity index (χ1v) is 7.84. The van der Waals surface area contributed by atoms with Crippen molar-refractivity contribution in [2.24, 2.45) is 0 Å². The summed E-state index contributed by atoms with van der Waals surface area (Å²) < 4.78 is 12.3. The summed E-state index contributed by atoms with van der Waals surface area (Å²) in [5, 5.41) is 9.77. The Hall–Kier alpha value is -1.52. The van der Waals surface area contributed by atoms with Crippen LogP contribution in [0.4, 0.5) is 0 Å². The van der Waals surface area contributed by atoms with Gasteiger partial charge in [0.1, 0.15) is 24.7 Å². The van der Waals surface area contributed by atoms with Crippen LogP contribution in [-0.2, 0) is 6.42 Å². The molecule has 1 N–H and O–H groups in total. The standard InChI is InChI=1S/C17H17BrO3/c18-13-2-1-3-14(11-13)20-8-9-21-15-5-6-16-12(10-15)4-7-17(16)19/h1-3,5-6,10-11,17,19H,4,7-9H2. The summed E-state index contributed by atoms with van der Waals surface area (Å²) in [7, 11) is 0. The molecule has 0 spiro atoms. The Morgan fingerprint density at radius 3 is 2.57 bits per heavy atom. The van der Waals surface area contributed by atoms with Crippen LogP contribution in [0.3, 0.4) is 0 Å². The first kappa shape index (κ1) is 14.4. The van der Waals surface area contributed by atoms with Gasteiger partial charge in [-0.3, -0.25) is 0 Å². The zero-order valence-corrected chi connectivity index (χ0v) is 13.2. The Kier molecular flexibility index (Phi) is 4.46. The highest BCUT2D eigenvalue weighted by atomic mass is 79.9. The molecule has 0 saturated heterocycles. The number of aryl methyl sites for hydroxylation is 1. The van der Waals surface area contributed by atoms with Gasteiger partial charge in [0.25, 0.3) is 0 Å². The molecular weight excluding hydrogens is 332 g/mol. The highest BCUT2D eigenvalue weighted by Crippen LogP contribution is 2.33. The van der Waals surface area contributed by atoms with E-state index in [1.54, 1.807) is 0 Å². The van der Waals surface area contributed by atoms with Crippen molar-refractivity contribution in [2.45, 2.75) is 18.9 Å². The summed E-state index contributed by atoms with van der Waals surface area (Å²) in [5.41, 5.74) is 2.22. The van der Waals surface area contributed by atoms with Crippen LogP contribution in [0.2, 0.25) is 0 Å². The predicted octanol–water partition coefficient (Wildman–Crippen LogP) is 3.89. The van der Waals surface area contributed by atoms with Crippen LogP contribution < -0.4 is 9.47 Å². The van der Waals surface area contributed by atoms with Gasteiger partial charge in [0.05, 0.1) is 6.10 Å². The molecule has 4 heteroatoms. The van der Waals surface area contributed by atoms with Crippen LogP contribution in [0.5, 0.6) is 11.5 Å². The number of benzene rings is 2. The van der Waals surface area contributed by atoms with Gasteiger partial charge in [0.15, 0.2) is 0 Å². The molecule has 0 saturated carbocycles. The summed E-state index contributed by atoms with van der Waals surface area (Å²) in [6, 6.07) is 13.6. The lowest BCUT2D eigenvalue weighted by atomic mass is 10.1. The van der Waals surface area contributed by atoms with E-state index in [-0.39, 0.29) is 6.10 Å². The first-order chi connectivity index (χ1) is 10.2. The molecule has 0 fully saturated rings. The molecule has 0 radical (unpaired) electrons. The van der Waals surface area contributed by atoms with E-state index >= 15 is 0 Å². The Bertz CT molecular complexity index is 627. The number of hydrogen-bond acceptors (Lipinski definition) is 3. The molecule has 21 heavy (non-hydrogen) atoms. The molecule has 0 aliphatic heterocycles. The van der Waals surface area contributed by atoms with Gasteiger partial charge in [-0.2, -0.15) is 0 Å². The molecule has 0 bridgehead atoms. The Balaban J connectivity index is 1.50. The fourth-order valence-electron chi connectivity index (χ4n) is 2.54. The van der Waals surface area contributed by atoms with E-state index in [2.05, 4.69) is 15.9 Å². The minimum atomic E-state index is -0.311. The summed E-state index contributed by atoms with van der Waals surface area (Å²) in [5.74, 6) is 1.66. The molecule has 1 aliphatic rings. The molecule has 2 aromatic rings. The monoisotopic (exact) mass is 348 g/mol. The second-order valence-corrected chi connectivity index (χ2v) is 5.99. The lowest BCUT2D eigenvalue weighted by Gasteiger charge is -2.10. The third-order valence-corrected chi connectivity index (χ3v) is 4.07. The van der Waals surface area contributed by atoms with Gasteiger partial charge in [-0.1, -0.05) is 28.1 Å². The number of fused-ring (bicyclic) bond motifs is 1. The summed E-state index contributed by atoms with van der Waals surface area (Å²) in [6.45, 7) is 0.990. The van der Waals surface area contributed by atoms with Crippen LogP contribution in [0.1, 0.15) is 23.7 Å². The largest absolute Gasteiger partial charge is 0.490 e. The Labute approximate surface area is 132 Å². The average molecular weight is 349 g/mol. The molecule has 0 aromatic heterocycles. The SMILES string of the molecule is OC1CCc2cc(OCCOc3cccc(Br)c3)ccc21. The number of aliphatic hydroxyl groups is 1. The zero-order valence-electron chi connectivity index (χ0n) is 11.6. The minimum absolute atomic E-state index is 0.311. The smallest absolute Gasteiger partial charge is 0.122 e. The maximum absolute atomic E-state index is 9.77. The van der Waals surface area contributed by atoms with Gasteiger partial charge < -0.3 is 14.6 Å². The first-order valence-electron chi connectivity index (χ1n) is 7.04. The van der Waals surface area contributed by atoms with Crippen molar-refractivity contribution in [3.8, 4) is 11.5 Å². The van der Waals surface area contributed by atoms with Gasteiger partial charge in [0, 0.05) is 4.47 Å². The van der Waals surface area contributed by atoms with Crippen molar-refractivity contribution in [3.63, 3.8) is 0 Å². The molecule has 0 amide bonds. The van der Waals surface area contributed by atoms with E-state index in [0.29, 0.717) is 13.2 Å². The number of rotatable bonds is 5. The molecular formula is C17H17BrO3. The topological polar surface area (TPSA) is 38.7 Å². The third-order valence-electron chi connectivity index (χ3n) is 3.58. The minimum Gasteiger partial charge on any atom is -0.490 e. The molecule has 3 rings (SSSR count). The van der Waals surface area contributed by atoms with Gasteiger partial charge in [-0.05, 0) is 54.3 Å². The highest BCUT2D eigenvalue weighted by Gasteiger charge is 2.20. The van der Waals surface area contributed by atoms with E-state index in [9.17, 15) is 5.11 Å². The molecule has 2 aromatic carbocycles. The van der Waals surface area contributed by atoms with Crippen LogP contribution in [-0.4, -0.2) is 18.3 Å². The quantitative estimate of drug-likeness (QED) is 0.833. The lowest BCUT2D eigenvalue weighted by molar-refractivity contribution is 0.180. The van der Waals surface area contributed by atoms with E-state index < -0.39 is 0 Å². The van der Waals surface area contributed by atoms with E-state index in [1.165, 1.54) is 5.56 Å². The van der Waals surface area contributed by atoms with Crippen molar-refractivity contribution in [1.29, 1.82) is 0 Å². The van der Waals surface area contributed by atoms with Crippen LogP contribution in [0, 0.1) is 0 Å². The molecule has 1 unspecified atom stereocenters. The summed E-state index contributed by atoms with van der Waals surface area (Å²) in [4.78, 5) is 0. The van der Waals surface area contributed by atoms with Crippen LogP contribution in [0.25, 0.3) is 0 Å². The molecule has 3 nitrogen and oxygen atoms in total. The average Bonchev–Trinajstić information content (AvgIpc) is 2.85. The molecule has 0 heterocycles. The van der Waals surface area contributed by atoms with Crippen molar-refractivity contribution in [3.05, 3.63) is 58.1 Å². The third kappa shape index (κ3) is 3.57. The van der Waals surface area contributed by atoms with Gasteiger partial charge in [0.2, 0.25) is 0 Å². The van der Waals surface area contributed by atoms with Crippen molar-refractivity contribution >= 4 is 15.9 Å². The Morgan fingerprint density at radius 1 is 1.05 bits per heavy atom. The molecule has 1 atom stereocenters. The van der Waals surface area contributed by atoms with Crippen molar-refractivity contribution in [1.82, 2.24) is 0 Å². The van der Waals surface area contributed by atoms with Crippen molar-refractivity contribution < 1.29 is 14.6 Å². The number of halogens is 1. The summed E-state index contributed by atoms with van der Waals surface area (Å²) in [6.07, 6.45) is 1.42. The zero-order chi connectivity index (χ0) is 14.7. The fraction of sp³-hybridized carbons (Fsp3) is 0.294. The van der Waals surface area contributed by atoms with Crippen LogP contribution in [0.15, 0.2) is 46.9 Å². The molecule has 110 valence electrons. The predicted molar refractivity (Wildman–Crippen MR) is 84.9 cm³/mol. The number of hydrogen-bond donors (Lipinski definition) is 1. The van der Waals surface area contributed by atoms with E-state index in [4.69, 9.17) is 9.47 Å². The van der Waals surface area contributed by atoms with Crippen molar-refractivity contribution in [2.75, 3.05) is 13.2 Å². The van der Waals surface area contributed by atoms with Crippen LogP contribution >= 0.6 is 15.9 Å².